The van der Waals surface area contributed by atoms with E-state index in [1.807, 2.05) is 0 Å². The molecule has 0 aromatic rings. The van der Waals surface area contributed by atoms with Gasteiger partial charge in [0, 0.05) is 7.11 Å². The molecule has 0 saturated carbocycles. The number of hydrogen-bond donors (Lipinski definition) is 0. The molecular formula is C10H18O4. The van der Waals surface area contributed by atoms with Crippen LogP contribution in [0.5, 0.6) is 0 Å². The first-order chi connectivity index (χ1) is 6.28. The predicted molar refractivity (Wildman–Crippen MR) is 51.9 cm³/mol. The van der Waals surface area contributed by atoms with Gasteiger partial charge in [0.25, 0.3) is 0 Å². The molecule has 0 aromatic heterocycles. The Kier molecular flexibility index (Phi) is 4.77. The maximum atomic E-state index is 11.4. The third-order valence-electron chi connectivity index (χ3n) is 1.53. The smallest absolute Gasteiger partial charge is 0.316 e. The lowest BCUT2D eigenvalue weighted by atomic mass is 10.1. The van der Waals surface area contributed by atoms with Gasteiger partial charge in [0.2, 0.25) is 0 Å². The molecule has 4 heteroatoms. The van der Waals surface area contributed by atoms with Crippen molar-refractivity contribution in [3.8, 4) is 0 Å². The Balaban J connectivity index is 4.19. The van der Waals surface area contributed by atoms with Gasteiger partial charge in [0.15, 0.2) is 5.78 Å². The minimum atomic E-state index is -0.755. The van der Waals surface area contributed by atoms with Gasteiger partial charge in [0.1, 0.15) is 18.1 Å². The molecule has 0 fully saturated rings. The Hall–Kier alpha value is -0.900. The molecule has 0 saturated heterocycles. The number of ether oxygens (including phenoxy) is 2. The van der Waals surface area contributed by atoms with E-state index >= 15 is 0 Å². The molecule has 0 aromatic carbocycles. The summed E-state index contributed by atoms with van der Waals surface area (Å²) in [5.41, 5.74) is -0.557. The summed E-state index contributed by atoms with van der Waals surface area (Å²) < 4.78 is 9.70. The Labute approximate surface area is 84.6 Å². The van der Waals surface area contributed by atoms with E-state index in [1.54, 1.807) is 20.8 Å². The SMILES string of the molecule is COCC(=O)C(C)C(=O)OC(C)(C)C. The van der Waals surface area contributed by atoms with Gasteiger partial charge in [-0.3, -0.25) is 9.59 Å². The standard InChI is InChI=1S/C10H18O4/c1-7(8(11)6-13-5)9(12)14-10(2,3)4/h7H,6H2,1-5H3. The van der Waals surface area contributed by atoms with Crippen LogP contribution in [0.2, 0.25) is 0 Å². The molecule has 0 bridgehead atoms. The molecule has 0 aliphatic carbocycles. The first kappa shape index (κ1) is 13.1. The van der Waals surface area contributed by atoms with E-state index in [0.29, 0.717) is 0 Å². The lowest BCUT2D eigenvalue weighted by Crippen LogP contribution is -2.32. The quantitative estimate of drug-likeness (QED) is 0.507. The van der Waals surface area contributed by atoms with Gasteiger partial charge in [-0.1, -0.05) is 0 Å². The van der Waals surface area contributed by atoms with Crippen molar-refractivity contribution in [1.29, 1.82) is 0 Å². The highest BCUT2D eigenvalue weighted by atomic mass is 16.6. The van der Waals surface area contributed by atoms with Crippen molar-refractivity contribution in [2.75, 3.05) is 13.7 Å². The normalized spacial score (nSPS) is 13.5. The molecule has 0 aliphatic rings. The van der Waals surface area contributed by atoms with Crippen LogP contribution in [-0.4, -0.2) is 31.1 Å². The van der Waals surface area contributed by atoms with Crippen LogP contribution in [0.15, 0.2) is 0 Å². The molecule has 0 rings (SSSR count). The van der Waals surface area contributed by atoms with Crippen molar-refractivity contribution in [2.45, 2.75) is 33.3 Å². The van der Waals surface area contributed by atoms with Crippen molar-refractivity contribution < 1.29 is 19.1 Å². The lowest BCUT2D eigenvalue weighted by molar-refractivity contribution is -0.161. The second kappa shape index (κ2) is 5.10. The summed E-state index contributed by atoms with van der Waals surface area (Å²) in [6.07, 6.45) is 0. The molecule has 0 amide bonds. The molecule has 82 valence electrons. The zero-order valence-electron chi connectivity index (χ0n) is 9.42. The summed E-state index contributed by atoms with van der Waals surface area (Å²) in [5.74, 6) is -1.52. The number of methoxy groups -OCH3 is 1. The number of carbonyl (C=O) groups excluding carboxylic acids is 2. The first-order valence-electron chi connectivity index (χ1n) is 4.52. The Morgan fingerprint density at radius 2 is 1.79 bits per heavy atom. The van der Waals surface area contributed by atoms with Crippen LogP contribution >= 0.6 is 0 Å². The highest BCUT2D eigenvalue weighted by Crippen LogP contribution is 2.11. The number of Topliss-reactive ketones (excluding diaryl/α,β-unsaturated/α-hetero) is 1. The van der Waals surface area contributed by atoms with Crippen molar-refractivity contribution in [3.63, 3.8) is 0 Å². The molecule has 1 unspecified atom stereocenters. The predicted octanol–water partition coefficient (Wildman–Crippen LogP) is 1.18. The van der Waals surface area contributed by atoms with Gasteiger partial charge in [0.05, 0.1) is 0 Å². The Morgan fingerprint density at radius 1 is 1.29 bits per heavy atom. The van der Waals surface area contributed by atoms with Crippen molar-refractivity contribution >= 4 is 11.8 Å². The Bertz CT molecular complexity index is 215. The number of esters is 1. The lowest BCUT2D eigenvalue weighted by Gasteiger charge is -2.21. The summed E-state index contributed by atoms with van der Waals surface area (Å²) in [5, 5.41) is 0. The zero-order chi connectivity index (χ0) is 11.4. The van der Waals surface area contributed by atoms with Crippen LogP contribution in [0.25, 0.3) is 0 Å². The van der Waals surface area contributed by atoms with Crippen LogP contribution in [0.1, 0.15) is 27.7 Å². The monoisotopic (exact) mass is 202 g/mol. The van der Waals surface area contributed by atoms with E-state index in [0.717, 1.165) is 0 Å². The molecule has 1 atom stereocenters. The first-order valence-corrected chi connectivity index (χ1v) is 4.52. The highest BCUT2D eigenvalue weighted by Gasteiger charge is 2.26. The van der Waals surface area contributed by atoms with Gasteiger partial charge in [-0.05, 0) is 27.7 Å². The van der Waals surface area contributed by atoms with E-state index in [-0.39, 0.29) is 12.4 Å². The topological polar surface area (TPSA) is 52.6 Å². The molecule has 0 spiro atoms. The van der Waals surface area contributed by atoms with Gasteiger partial charge in [-0.15, -0.1) is 0 Å². The number of hydrogen-bond acceptors (Lipinski definition) is 4. The molecule has 0 aliphatic heterocycles. The number of rotatable bonds is 4. The average Bonchev–Trinajstić information content (AvgIpc) is 2.00. The molecule has 0 N–H and O–H groups in total. The molecular weight excluding hydrogens is 184 g/mol. The van der Waals surface area contributed by atoms with Crippen LogP contribution in [0.3, 0.4) is 0 Å². The van der Waals surface area contributed by atoms with Crippen LogP contribution < -0.4 is 0 Å². The van der Waals surface area contributed by atoms with Crippen LogP contribution in [0, 0.1) is 5.92 Å². The van der Waals surface area contributed by atoms with Gasteiger partial charge < -0.3 is 9.47 Å². The fourth-order valence-corrected chi connectivity index (χ4v) is 0.789. The maximum absolute atomic E-state index is 11.4. The van der Waals surface area contributed by atoms with E-state index in [2.05, 4.69) is 4.74 Å². The summed E-state index contributed by atoms with van der Waals surface area (Å²) in [6.45, 7) is 6.76. The third kappa shape index (κ3) is 4.97. The summed E-state index contributed by atoms with van der Waals surface area (Å²) >= 11 is 0. The fraction of sp³-hybridized carbons (Fsp3) is 0.800. The minimum Gasteiger partial charge on any atom is -0.459 e. The minimum absolute atomic E-state index is 0.0551. The van der Waals surface area contributed by atoms with Gasteiger partial charge in [-0.2, -0.15) is 0 Å². The van der Waals surface area contributed by atoms with Crippen molar-refractivity contribution in [1.82, 2.24) is 0 Å². The highest BCUT2D eigenvalue weighted by molar-refractivity contribution is 5.99. The van der Waals surface area contributed by atoms with E-state index in [9.17, 15) is 9.59 Å². The number of carbonyl (C=O) groups is 2. The average molecular weight is 202 g/mol. The second-order valence-corrected chi connectivity index (χ2v) is 4.15. The molecule has 0 radical (unpaired) electrons. The zero-order valence-corrected chi connectivity index (χ0v) is 9.42. The molecule has 14 heavy (non-hydrogen) atoms. The van der Waals surface area contributed by atoms with E-state index < -0.39 is 17.5 Å². The van der Waals surface area contributed by atoms with E-state index in [4.69, 9.17) is 4.74 Å². The van der Waals surface area contributed by atoms with E-state index in [1.165, 1.54) is 14.0 Å². The summed E-state index contributed by atoms with van der Waals surface area (Å²) in [7, 11) is 1.42. The third-order valence-corrected chi connectivity index (χ3v) is 1.53. The maximum Gasteiger partial charge on any atom is 0.316 e. The Morgan fingerprint density at radius 3 is 2.14 bits per heavy atom. The number of ketones is 1. The second-order valence-electron chi connectivity index (χ2n) is 4.15. The van der Waals surface area contributed by atoms with Crippen LogP contribution in [-0.2, 0) is 19.1 Å². The fourth-order valence-electron chi connectivity index (χ4n) is 0.789. The van der Waals surface area contributed by atoms with Gasteiger partial charge >= 0.3 is 5.97 Å². The van der Waals surface area contributed by atoms with Crippen molar-refractivity contribution in [2.24, 2.45) is 5.92 Å². The van der Waals surface area contributed by atoms with Crippen LogP contribution in [0.4, 0.5) is 0 Å². The summed E-state index contributed by atoms with van der Waals surface area (Å²) in [6, 6.07) is 0. The largest absolute Gasteiger partial charge is 0.459 e. The molecule has 4 nitrogen and oxygen atoms in total. The summed E-state index contributed by atoms with van der Waals surface area (Å²) in [4.78, 5) is 22.6. The molecule has 0 heterocycles. The van der Waals surface area contributed by atoms with Crippen molar-refractivity contribution in [3.05, 3.63) is 0 Å². The van der Waals surface area contributed by atoms with Gasteiger partial charge in [-0.25, -0.2) is 0 Å².